The molecule has 0 fully saturated rings. The summed E-state index contributed by atoms with van der Waals surface area (Å²) in [5.74, 6) is 0.152. The highest BCUT2D eigenvalue weighted by Gasteiger charge is 2.12. The molecule has 4 nitrogen and oxygen atoms in total. The number of para-hydroxylation sites is 1. The first kappa shape index (κ1) is 14.5. The monoisotopic (exact) mass is 271 g/mol. The zero-order valence-electron chi connectivity index (χ0n) is 11.7. The fourth-order valence-corrected chi connectivity index (χ4v) is 2.20. The van der Waals surface area contributed by atoms with Crippen molar-refractivity contribution in [3.8, 4) is 5.69 Å². The van der Waals surface area contributed by atoms with Crippen LogP contribution in [0.2, 0.25) is 0 Å². The first-order valence-corrected chi connectivity index (χ1v) is 7.15. The van der Waals surface area contributed by atoms with Crippen molar-refractivity contribution >= 4 is 5.78 Å². The topological polar surface area (TPSA) is 60.9 Å². The fourth-order valence-electron chi connectivity index (χ4n) is 2.20. The second kappa shape index (κ2) is 7.60. The Balaban J connectivity index is 1.96. The Bertz CT molecular complexity index is 534. The van der Waals surface area contributed by atoms with Crippen molar-refractivity contribution in [3.05, 3.63) is 48.3 Å². The molecule has 0 atom stereocenters. The Morgan fingerprint density at radius 1 is 1.05 bits per heavy atom. The van der Waals surface area contributed by atoms with Crippen LogP contribution in [0.5, 0.6) is 0 Å². The van der Waals surface area contributed by atoms with Gasteiger partial charge in [0, 0.05) is 6.42 Å². The van der Waals surface area contributed by atoms with Crippen LogP contribution in [-0.2, 0) is 0 Å². The van der Waals surface area contributed by atoms with Gasteiger partial charge in [-0.1, -0.05) is 31.0 Å². The van der Waals surface area contributed by atoms with Gasteiger partial charge in [0.05, 0.1) is 11.9 Å². The molecule has 0 saturated carbocycles. The van der Waals surface area contributed by atoms with E-state index in [1.807, 2.05) is 30.3 Å². The molecule has 0 unspecified atom stereocenters. The van der Waals surface area contributed by atoms with Crippen LogP contribution in [0.3, 0.4) is 0 Å². The molecule has 0 aliphatic carbocycles. The van der Waals surface area contributed by atoms with Gasteiger partial charge < -0.3 is 5.73 Å². The Morgan fingerprint density at radius 2 is 1.80 bits per heavy atom. The average Bonchev–Trinajstić information content (AvgIpc) is 2.97. The lowest BCUT2D eigenvalue weighted by atomic mass is 10.1. The molecule has 4 heteroatoms. The van der Waals surface area contributed by atoms with Gasteiger partial charge in [0.2, 0.25) is 0 Å². The number of unbranched alkanes of at least 4 members (excludes halogenated alkanes) is 3. The predicted octanol–water partition coefficient (Wildman–Crippen LogP) is 2.96. The van der Waals surface area contributed by atoms with E-state index in [0.717, 1.165) is 37.9 Å². The molecule has 0 bridgehead atoms. The molecule has 0 radical (unpaired) electrons. The van der Waals surface area contributed by atoms with Crippen LogP contribution in [0.15, 0.2) is 42.6 Å². The van der Waals surface area contributed by atoms with Crippen LogP contribution < -0.4 is 5.73 Å². The maximum Gasteiger partial charge on any atom is 0.181 e. The predicted molar refractivity (Wildman–Crippen MR) is 80.0 cm³/mol. The van der Waals surface area contributed by atoms with Crippen molar-refractivity contribution < 1.29 is 4.79 Å². The van der Waals surface area contributed by atoms with Crippen molar-refractivity contribution in [2.45, 2.75) is 32.1 Å². The molecule has 0 aliphatic heterocycles. The molecule has 2 aromatic rings. The SMILES string of the molecule is NCCCCCCC(=O)c1ccnn1-c1ccccc1. The molecule has 106 valence electrons. The molecule has 2 rings (SSSR count). The lowest BCUT2D eigenvalue weighted by Gasteiger charge is -2.06. The normalized spacial score (nSPS) is 10.7. The van der Waals surface area contributed by atoms with E-state index in [2.05, 4.69) is 5.10 Å². The van der Waals surface area contributed by atoms with Crippen LogP contribution in [0.1, 0.15) is 42.6 Å². The van der Waals surface area contributed by atoms with Crippen molar-refractivity contribution in [1.29, 1.82) is 0 Å². The quantitative estimate of drug-likeness (QED) is 0.593. The number of Topliss-reactive ketones (excluding diaryl/α,β-unsaturated/α-hetero) is 1. The fraction of sp³-hybridized carbons (Fsp3) is 0.375. The number of ketones is 1. The zero-order chi connectivity index (χ0) is 14.2. The third kappa shape index (κ3) is 3.78. The first-order chi connectivity index (χ1) is 9.83. The minimum absolute atomic E-state index is 0.152. The van der Waals surface area contributed by atoms with E-state index in [9.17, 15) is 4.79 Å². The van der Waals surface area contributed by atoms with Gasteiger partial charge in [0.25, 0.3) is 0 Å². The molecule has 0 amide bonds. The summed E-state index contributed by atoms with van der Waals surface area (Å²) in [5.41, 5.74) is 7.04. The Morgan fingerprint density at radius 3 is 2.55 bits per heavy atom. The van der Waals surface area contributed by atoms with Gasteiger partial charge in [-0.15, -0.1) is 0 Å². The van der Waals surface area contributed by atoms with Crippen molar-refractivity contribution in [2.24, 2.45) is 5.73 Å². The van der Waals surface area contributed by atoms with E-state index in [0.29, 0.717) is 12.1 Å². The van der Waals surface area contributed by atoms with Crippen molar-refractivity contribution in [2.75, 3.05) is 6.54 Å². The van der Waals surface area contributed by atoms with Gasteiger partial charge in [-0.3, -0.25) is 4.79 Å². The highest BCUT2D eigenvalue weighted by atomic mass is 16.1. The van der Waals surface area contributed by atoms with Crippen LogP contribution >= 0.6 is 0 Å². The number of rotatable bonds is 8. The minimum atomic E-state index is 0.152. The number of nitrogens with two attached hydrogens (primary N) is 1. The Kier molecular flexibility index (Phi) is 5.50. The smallest absolute Gasteiger partial charge is 0.181 e. The molecule has 1 aromatic carbocycles. The molecule has 1 aromatic heterocycles. The van der Waals surface area contributed by atoms with Crippen molar-refractivity contribution in [1.82, 2.24) is 9.78 Å². The maximum absolute atomic E-state index is 12.2. The molecular formula is C16H21N3O. The highest BCUT2D eigenvalue weighted by molar-refractivity contribution is 5.94. The number of carbonyl (C=O) groups is 1. The summed E-state index contributed by atoms with van der Waals surface area (Å²) >= 11 is 0. The summed E-state index contributed by atoms with van der Waals surface area (Å²) in [5, 5.41) is 4.24. The maximum atomic E-state index is 12.2. The molecule has 0 spiro atoms. The number of hydrogen-bond acceptors (Lipinski definition) is 3. The van der Waals surface area contributed by atoms with Crippen LogP contribution in [0.4, 0.5) is 0 Å². The van der Waals surface area contributed by atoms with E-state index < -0.39 is 0 Å². The number of benzene rings is 1. The number of aromatic nitrogens is 2. The summed E-state index contributed by atoms with van der Waals surface area (Å²) in [4.78, 5) is 12.2. The summed E-state index contributed by atoms with van der Waals surface area (Å²) in [7, 11) is 0. The van der Waals surface area contributed by atoms with Crippen LogP contribution in [0, 0.1) is 0 Å². The summed E-state index contributed by atoms with van der Waals surface area (Å²) in [6.45, 7) is 0.731. The largest absolute Gasteiger partial charge is 0.330 e. The lowest BCUT2D eigenvalue weighted by molar-refractivity contribution is 0.0971. The van der Waals surface area contributed by atoms with Crippen molar-refractivity contribution in [3.63, 3.8) is 0 Å². The molecule has 2 N–H and O–H groups in total. The summed E-state index contributed by atoms with van der Waals surface area (Å²) in [6.07, 6.45) is 6.36. The van der Waals surface area contributed by atoms with Gasteiger partial charge in [0.15, 0.2) is 5.78 Å². The molecule has 20 heavy (non-hydrogen) atoms. The number of nitrogens with zero attached hydrogens (tertiary/aromatic N) is 2. The van der Waals surface area contributed by atoms with E-state index in [1.165, 1.54) is 0 Å². The molecular weight excluding hydrogens is 250 g/mol. The molecule has 0 saturated heterocycles. The molecule has 0 aliphatic rings. The number of carbonyl (C=O) groups excluding carboxylic acids is 1. The van der Waals surface area contributed by atoms with Crippen LogP contribution in [-0.4, -0.2) is 22.1 Å². The van der Waals surface area contributed by atoms with E-state index in [-0.39, 0.29) is 5.78 Å². The lowest BCUT2D eigenvalue weighted by Crippen LogP contribution is -2.08. The second-order valence-electron chi connectivity index (χ2n) is 4.84. The number of hydrogen-bond donors (Lipinski definition) is 1. The van der Waals surface area contributed by atoms with E-state index >= 15 is 0 Å². The highest BCUT2D eigenvalue weighted by Crippen LogP contribution is 2.13. The first-order valence-electron chi connectivity index (χ1n) is 7.15. The summed E-state index contributed by atoms with van der Waals surface area (Å²) < 4.78 is 1.71. The van der Waals surface area contributed by atoms with Gasteiger partial charge >= 0.3 is 0 Å². The zero-order valence-corrected chi connectivity index (χ0v) is 11.7. The Labute approximate surface area is 119 Å². The van der Waals surface area contributed by atoms with Gasteiger partial charge in [-0.2, -0.15) is 5.10 Å². The summed E-state index contributed by atoms with van der Waals surface area (Å²) in [6, 6.07) is 11.5. The second-order valence-corrected chi connectivity index (χ2v) is 4.84. The van der Waals surface area contributed by atoms with Gasteiger partial charge in [-0.25, -0.2) is 4.68 Å². The standard InChI is InChI=1S/C16H21N3O/c17-12-7-2-1-6-10-16(20)15-11-13-18-19(15)14-8-4-3-5-9-14/h3-5,8-9,11,13H,1-2,6-7,10,12,17H2. The Hall–Kier alpha value is -1.94. The van der Waals surface area contributed by atoms with Gasteiger partial charge in [-0.05, 0) is 37.6 Å². The third-order valence-corrected chi connectivity index (χ3v) is 3.29. The van der Waals surface area contributed by atoms with Gasteiger partial charge in [0.1, 0.15) is 5.69 Å². The van der Waals surface area contributed by atoms with Crippen LogP contribution in [0.25, 0.3) is 5.69 Å². The average molecular weight is 271 g/mol. The third-order valence-electron chi connectivity index (χ3n) is 3.29. The molecule has 1 heterocycles. The van der Waals surface area contributed by atoms with E-state index in [4.69, 9.17) is 5.73 Å². The minimum Gasteiger partial charge on any atom is -0.330 e. The van der Waals surface area contributed by atoms with E-state index in [1.54, 1.807) is 16.9 Å².